The number of aryl methyl sites for hydroxylation is 1. The number of benzene rings is 1. The third-order valence-corrected chi connectivity index (χ3v) is 3.25. The average Bonchev–Trinajstić information content (AvgIpc) is 2.80. The van der Waals surface area contributed by atoms with Crippen molar-refractivity contribution in [1.29, 1.82) is 0 Å². The first kappa shape index (κ1) is 10.6. The Bertz CT molecular complexity index is 557. The van der Waals surface area contributed by atoms with Gasteiger partial charge in [-0.15, -0.1) is 0 Å². The van der Waals surface area contributed by atoms with Crippen molar-refractivity contribution < 1.29 is 4.39 Å². The fourth-order valence-corrected chi connectivity index (χ4v) is 2.45. The summed E-state index contributed by atoms with van der Waals surface area (Å²) in [4.78, 5) is 8.84. The van der Waals surface area contributed by atoms with Gasteiger partial charge in [-0.25, -0.2) is 14.4 Å². The predicted octanol–water partition coefficient (Wildman–Crippen LogP) is 2.15. The number of fused-ring (bicyclic) bond motifs is 1. The van der Waals surface area contributed by atoms with Crippen LogP contribution in [0.4, 0.5) is 4.39 Å². The third kappa shape index (κ3) is 1.89. The molecule has 17 heavy (non-hydrogen) atoms. The van der Waals surface area contributed by atoms with E-state index in [1.807, 2.05) is 6.92 Å². The Kier molecular flexibility index (Phi) is 2.52. The van der Waals surface area contributed by atoms with Crippen molar-refractivity contribution in [2.24, 2.45) is 0 Å². The number of hydrogen-bond acceptors (Lipinski definition) is 3. The molecule has 0 saturated carbocycles. The lowest BCUT2D eigenvalue weighted by atomic mass is 10.00. The van der Waals surface area contributed by atoms with Gasteiger partial charge in [0.1, 0.15) is 11.6 Å². The number of rotatable bonds is 1. The molecule has 3 rings (SSSR count). The van der Waals surface area contributed by atoms with Gasteiger partial charge >= 0.3 is 0 Å². The molecule has 88 valence electrons. The van der Waals surface area contributed by atoms with Gasteiger partial charge < -0.3 is 5.32 Å². The molecule has 0 amide bonds. The van der Waals surface area contributed by atoms with Crippen LogP contribution < -0.4 is 5.32 Å². The van der Waals surface area contributed by atoms with Gasteiger partial charge in [0, 0.05) is 23.9 Å². The highest BCUT2D eigenvalue weighted by molar-refractivity contribution is 5.81. The minimum atomic E-state index is -0.244. The van der Waals surface area contributed by atoms with Crippen molar-refractivity contribution in [2.75, 3.05) is 13.1 Å². The van der Waals surface area contributed by atoms with E-state index in [0.29, 0.717) is 17.3 Å². The highest BCUT2D eigenvalue weighted by atomic mass is 19.1. The maximum atomic E-state index is 13.2. The van der Waals surface area contributed by atoms with Crippen LogP contribution in [0, 0.1) is 12.7 Å². The lowest BCUT2D eigenvalue weighted by molar-refractivity contribution is 0.629. The topological polar surface area (TPSA) is 37.8 Å². The molecule has 2 heterocycles. The van der Waals surface area contributed by atoms with E-state index >= 15 is 0 Å². The second-order valence-corrected chi connectivity index (χ2v) is 4.51. The molecule has 1 aromatic carbocycles. The van der Waals surface area contributed by atoms with E-state index in [-0.39, 0.29) is 5.82 Å². The Morgan fingerprint density at radius 2 is 2.24 bits per heavy atom. The highest BCUT2D eigenvalue weighted by Gasteiger charge is 2.21. The van der Waals surface area contributed by atoms with Gasteiger partial charge in [0.15, 0.2) is 0 Å². The van der Waals surface area contributed by atoms with Crippen LogP contribution in [0.2, 0.25) is 0 Å². The van der Waals surface area contributed by atoms with Crippen molar-refractivity contribution in [1.82, 2.24) is 15.3 Å². The number of nitrogens with one attached hydrogen (secondary N) is 1. The summed E-state index contributed by atoms with van der Waals surface area (Å²) in [6.07, 6.45) is 1.09. The molecule has 3 nitrogen and oxygen atoms in total. The van der Waals surface area contributed by atoms with Crippen LogP contribution in [0.3, 0.4) is 0 Å². The van der Waals surface area contributed by atoms with Crippen LogP contribution in [0.1, 0.15) is 23.9 Å². The second-order valence-electron chi connectivity index (χ2n) is 4.51. The second kappa shape index (κ2) is 4.04. The first-order valence-corrected chi connectivity index (χ1v) is 5.88. The SMILES string of the molecule is Cc1nc(C2CCNC2)c2ccc(F)cc2n1. The molecule has 1 saturated heterocycles. The van der Waals surface area contributed by atoms with E-state index in [9.17, 15) is 4.39 Å². The fourth-order valence-electron chi connectivity index (χ4n) is 2.45. The van der Waals surface area contributed by atoms with Gasteiger partial charge in [0.2, 0.25) is 0 Å². The Labute approximate surface area is 99.1 Å². The number of aromatic nitrogens is 2. The monoisotopic (exact) mass is 231 g/mol. The summed E-state index contributed by atoms with van der Waals surface area (Å²) in [6, 6.07) is 4.75. The molecule has 4 heteroatoms. The van der Waals surface area contributed by atoms with Crippen LogP contribution >= 0.6 is 0 Å². The quantitative estimate of drug-likeness (QED) is 0.817. The summed E-state index contributed by atoms with van der Waals surface area (Å²) in [6.45, 7) is 3.83. The Morgan fingerprint density at radius 3 is 3.00 bits per heavy atom. The summed E-state index contributed by atoms with van der Waals surface area (Å²) in [5.41, 5.74) is 1.76. The molecule has 1 fully saturated rings. The first-order chi connectivity index (χ1) is 8.24. The van der Waals surface area contributed by atoms with Crippen LogP contribution in [0.5, 0.6) is 0 Å². The molecule has 0 radical (unpaired) electrons. The van der Waals surface area contributed by atoms with Gasteiger partial charge in [-0.3, -0.25) is 0 Å². The molecular formula is C13H14FN3. The van der Waals surface area contributed by atoms with Crippen LogP contribution in [-0.2, 0) is 0 Å². The molecule has 1 unspecified atom stereocenters. The summed E-state index contributed by atoms with van der Waals surface area (Å²) in [5.74, 6) is 0.890. The van der Waals surface area contributed by atoms with Gasteiger partial charge in [-0.05, 0) is 32.0 Å². The van der Waals surface area contributed by atoms with Gasteiger partial charge in [-0.1, -0.05) is 0 Å². The maximum Gasteiger partial charge on any atom is 0.126 e. The maximum absolute atomic E-state index is 13.2. The molecule has 1 N–H and O–H groups in total. The molecule has 0 spiro atoms. The lowest BCUT2D eigenvalue weighted by Gasteiger charge is -2.12. The van der Waals surface area contributed by atoms with E-state index < -0.39 is 0 Å². The largest absolute Gasteiger partial charge is 0.316 e. The molecule has 1 aliphatic heterocycles. The average molecular weight is 231 g/mol. The van der Waals surface area contributed by atoms with Gasteiger partial charge in [0.05, 0.1) is 11.2 Å². The molecule has 0 aliphatic carbocycles. The van der Waals surface area contributed by atoms with E-state index in [2.05, 4.69) is 15.3 Å². The Hall–Kier alpha value is -1.55. The third-order valence-electron chi connectivity index (χ3n) is 3.25. The summed E-state index contributed by atoms with van der Waals surface area (Å²) >= 11 is 0. The van der Waals surface area contributed by atoms with Crippen molar-refractivity contribution in [3.05, 3.63) is 35.5 Å². The zero-order valence-corrected chi connectivity index (χ0v) is 9.70. The minimum absolute atomic E-state index is 0.244. The van der Waals surface area contributed by atoms with Crippen molar-refractivity contribution >= 4 is 10.9 Å². The van der Waals surface area contributed by atoms with E-state index in [1.165, 1.54) is 12.1 Å². The smallest absolute Gasteiger partial charge is 0.126 e. The Balaban J connectivity index is 2.21. The molecule has 1 aromatic heterocycles. The number of nitrogens with zero attached hydrogens (tertiary/aromatic N) is 2. The lowest BCUT2D eigenvalue weighted by Crippen LogP contribution is -2.10. The standard InChI is InChI=1S/C13H14FN3/c1-8-16-12-6-10(14)2-3-11(12)13(17-8)9-4-5-15-7-9/h2-3,6,9,15H,4-5,7H2,1H3. The van der Waals surface area contributed by atoms with Crippen molar-refractivity contribution in [3.8, 4) is 0 Å². The summed E-state index contributed by atoms with van der Waals surface area (Å²) in [5, 5.41) is 4.31. The van der Waals surface area contributed by atoms with Crippen LogP contribution in [-0.4, -0.2) is 23.1 Å². The first-order valence-electron chi connectivity index (χ1n) is 5.88. The summed E-state index contributed by atoms with van der Waals surface area (Å²) in [7, 11) is 0. The molecular weight excluding hydrogens is 217 g/mol. The molecule has 2 aromatic rings. The molecule has 1 aliphatic rings. The normalized spacial score (nSPS) is 20.0. The van der Waals surface area contributed by atoms with Gasteiger partial charge in [-0.2, -0.15) is 0 Å². The zero-order chi connectivity index (χ0) is 11.8. The fraction of sp³-hybridized carbons (Fsp3) is 0.385. The predicted molar refractivity (Wildman–Crippen MR) is 64.5 cm³/mol. The highest BCUT2D eigenvalue weighted by Crippen LogP contribution is 2.27. The molecule has 1 atom stereocenters. The summed E-state index contributed by atoms with van der Waals surface area (Å²) < 4.78 is 13.2. The van der Waals surface area contributed by atoms with Crippen LogP contribution in [0.25, 0.3) is 10.9 Å². The number of halogens is 1. The number of hydrogen-bond donors (Lipinski definition) is 1. The molecule has 0 bridgehead atoms. The minimum Gasteiger partial charge on any atom is -0.316 e. The Morgan fingerprint density at radius 1 is 1.35 bits per heavy atom. The van der Waals surface area contributed by atoms with Gasteiger partial charge in [0.25, 0.3) is 0 Å². The van der Waals surface area contributed by atoms with E-state index in [0.717, 1.165) is 30.6 Å². The van der Waals surface area contributed by atoms with Crippen molar-refractivity contribution in [3.63, 3.8) is 0 Å². The van der Waals surface area contributed by atoms with Crippen LogP contribution in [0.15, 0.2) is 18.2 Å². The van der Waals surface area contributed by atoms with Crippen molar-refractivity contribution in [2.45, 2.75) is 19.3 Å². The zero-order valence-electron chi connectivity index (χ0n) is 9.70. The van der Waals surface area contributed by atoms with E-state index in [1.54, 1.807) is 6.07 Å². The van der Waals surface area contributed by atoms with E-state index in [4.69, 9.17) is 0 Å².